The molecule has 0 atom stereocenters. The largest absolute Gasteiger partial charge is 0.489 e. The second-order valence-electron chi connectivity index (χ2n) is 4.00. The van der Waals surface area contributed by atoms with Gasteiger partial charge in [-0.3, -0.25) is 10.1 Å². The fraction of sp³-hybridized carbons (Fsp3) is 0.0714. The number of non-ortho nitro benzene ring substituents is 1. The molecule has 0 aliphatic rings. The zero-order valence-corrected chi connectivity index (χ0v) is 10.2. The predicted octanol–water partition coefficient (Wildman–Crippen LogP) is 3.18. The molecule has 0 aromatic heterocycles. The van der Waals surface area contributed by atoms with Crippen molar-refractivity contribution in [3.63, 3.8) is 0 Å². The van der Waals surface area contributed by atoms with Gasteiger partial charge in [0.25, 0.3) is 5.69 Å². The van der Waals surface area contributed by atoms with E-state index >= 15 is 0 Å². The maximum absolute atomic E-state index is 13.2. The minimum absolute atomic E-state index is 0.00446. The van der Waals surface area contributed by atoms with Gasteiger partial charge in [0.15, 0.2) is 0 Å². The molecule has 20 heavy (non-hydrogen) atoms. The van der Waals surface area contributed by atoms with Crippen LogP contribution >= 0.6 is 0 Å². The van der Waals surface area contributed by atoms with Crippen molar-refractivity contribution in [1.29, 1.82) is 5.26 Å². The van der Waals surface area contributed by atoms with Crippen LogP contribution in [0.5, 0.6) is 5.75 Å². The van der Waals surface area contributed by atoms with E-state index in [0.29, 0.717) is 16.9 Å². The van der Waals surface area contributed by atoms with E-state index in [9.17, 15) is 14.5 Å². The molecule has 0 amide bonds. The molecule has 0 N–H and O–H groups in total. The van der Waals surface area contributed by atoms with Crippen LogP contribution in [-0.2, 0) is 6.61 Å². The molecule has 0 fully saturated rings. The van der Waals surface area contributed by atoms with Crippen LogP contribution in [0.1, 0.15) is 11.1 Å². The Morgan fingerprint density at radius 3 is 2.55 bits per heavy atom. The van der Waals surface area contributed by atoms with Crippen LogP contribution in [-0.4, -0.2) is 4.92 Å². The minimum atomic E-state index is -0.683. The van der Waals surface area contributed by atoms with Crippen molar-refractivity contribution < 1.29 is 14.1 Å². The van der Waals surface area contributed by atoms with Crippen molar-refractivity contribution >= 4 is 5.69 Å². The molecule has 2 rings (SSSR count). The molecule has 0 radical (unpaired) electrons. The third kappa shape index (κ3) is 3.29. The summed E-state index contributed by atoms with van der Waals surface area (Å²) in [6.45, 7) is 0.00446. The maximum atomic E-state index is 13.2. The Morgan fingerprint density at radius 2 is 1.95 bits per heavy atom. The number of hydrogen-bond acceptors (Lipinski definition) is 4. The van der Waals surface area contributed by atoms with E-state index in [1.807, 2.05) is 6.07 Å². The van der Waals surface area contributed by atoms with E-state index in [1.54, 1.807) is 24.3 Å². The summed E-state index contributed by atoms with van der Waals surface area (Å²) in [6.07, 6.45) is 0. The Labute approximate surface area is 114 Å². The van der Waals surface area contributed by atoms with Crippen LogP contribution in [0.25, 0.3) is 0 Å². The average molecular weight is 272 g/mol. The van der Waals surface area contributed by atoms with E-state index < -0.39 is 10.7 Å². The number of nitriles is 1. The van der Waals surface area contributed by atoms with Crippen LogP contribution in [0.15, 0.2) is 42.5 Å². The van der Waals surface area contributed by atoms with Gasteiger partial charge >= 0.3 is 0 Å². The maximum Gasteiger partial charge on any atom is 0.272 e. The van der Waals surface area contributed by atoms with Gasteiger partial charge in [-0.15, -0.1) is 0 Å². The van der Waals surface area contributed by atoms with Gasteiger partial charge in [0, 0.05) is 6.07 Å². The van der Waals surface area contributed by atoms with Gasteiger partial charge in [0.05, 0.1) is 22.6 Å². The van der Waals surface area contributed by atoms with Crippen LogP contribution in [0.4, 0.5) is 10.1 Å². The summed E-state index contributed by atoms with van der Waals surface area (Å²) in [5.41, 5.74) is 0.545. The minimum Gasteiger partial charge on any atom is -0.489 e. The molecular weight excluding hydrogens is 263 g/mol. The highest BCUT2D eigenvalue weighted by atomic mass is 19.1. The van der Waals surface area contributed by atoms with Crippen molar-refractivity contribution in [2.24, 2.45) is 0 Å². The highest BCUT2D eigenvalue weighted by Gasteiger charge is 2.10. The topological polar surface area (TPSA) is 76.2 Å². The van der Waals surface area contributed by atoms with Gasteiger partial charge in [0.2, 0.25) is 0 Å². The van der Waals surface area contributed by atoms with Gasteiger partial charge < -0.3 is 4.74 Å². The van der Waals surface area contributed by atoms with Gasteiger partial charge in [-0.25, -0.2) is 4.39 Å². The monoisotopic (exact) mass is 272 g/mol. The zero-order chi connectivity index (χ0) is 14.5. The van der Waals surface area contributed by atoms with Crippen molar-refractivity contribution in [2.75, 3.05) is 0 Å². The summed E-state index contributed by atoms with van der Waals surface area (Å²) in [4.78, 5) is 9.96. The molecule has 0 unspecified atom stereocenters. The second kappa shape index (κ2) is 5.80. The summed E-state index contributed by atoms with van der Waals surface area (Å²) >= 11 is 0. The van der Waals surface area contributed by atoms with Gasteiger partial charge in [-0.2, -0.15) is 5.26 Å². The molecule has 2 aromatic carbocycles. The summed E-state index contributed by atoms with van der Waals surface area (Å²) in [7, 11) is 0. The molecule has 100 valence electrons. The molecule has 0 aliphatic heterocycles. The first-order chi connectivity index (χ1) is 9.58. The zero-order valence-electron chi connectivity index (χ0n) is 10.2. The standard InChI is InChI=1S/C14H9FN2O3/c15-12-5-11(6-13(7-12)17(18)19)9-20-14-3-1-10(8-16)2-4-14/h1-7H,9H2. The van der Waals surface area contributed by atoms with Crippen molar-refractivity contribution in [2.45, 2.75) is 6.61 Å². The Balaban J connectivity index is 2.10. The lowest BCUT2D eigenvalue weighted by molar-refractivity contribution is -0.385. The number of nitro groups is 1. The lowest BCUT2D eigenvalue weighted by Gasteiger charge is -2.06. The van der Waals surface area contributed by atoms with Crippen LogP contribution < -0.4 is 4.74 Å². The summed E-state index contributed by atoms with van der Waals surface area (Å²) in [5.74, 6) is -0.187. The fourth-order valence-corrected chi connectivity index (χ4v) is 1.61. The third-order valence-electron chi connectivity index (χ3n) is 2.54. The van der Waals surface area contributed by atoms with Crippen LogP contribution in [0, 0.1) is 27.3 Å². The molecule has 0 spiro atoms. The van der Waals surface area contributed by atoms with Gasteiger partial charge in [-0.1, -0.05) is 0 Å². The number of rotatable bonds is 4. The summed E-state index contributed by atoms with van der Waals surface area (Å²) in [6, 6.07) is 11.6. The van der Waals surface area contributed by atoms with E-state index in [-0.39, 0.29) is 12.3 Å². The van der Waals surface area contributed by atoms with Crippen LogP contribution in [0.3, 0.4) is 0 Å². The first-order valence-electron chi connectivity index (χ1n) is 5.65. The van der Waals surface area contributed by atoms with E-state index in [1.165, 1.54) is 12.1 Å². The van der Waals surface area contributed by atoms with Crippen LogP contribution in [0.2, 0.25) is 0 Å². The smallest absolute Gasteiger partial charge is 0.272 e. The van der Waals surface area contributed by atoms with E-state index in [2.05, 4.69) is 0 Å². The first-order valence-corrected chi connectivity index (χ1v) is 5.65. The molecule has 0 aliphatic carbocycles. The summed E-state index contributed by atoms with van der Waals surface area (Å²) in [5, 5.41) is 19.3. The molecule has 6 heteroatoms. The predicted molar refractivity (Wildman–Crippen MR) is 68.5 cm³/mol. The number of ether oxygens (including phenoxy) is 1. The fourth-order valence-electron chi connectivity index (χ4n) is 1.61. The van der Waals surface area contributed by atoms with Crippen molar-refractivity contribution in [3.05, 3.63) is 69.5 Å². The number of halogens is 1. The van der Waals surface area contributed by atoms with Gasteiger partial charge in [-0.05, 0) is 35.9 Å². The quantitative estimate of drug-likeness (QED) is 0.632. The average Bonchev–Trinajstić information content (AvgIpc) is 2.45. The molecule has 0 heterocycles. The highest BCUT2D eigenvalue weighted by molar-refractivity contribution is 5.36. The highest BCUT2D eigenvalue weighted by Crippen LogP contribution is 2.19. The molecule has 0 bridgehead atoms. The number of hydrogen-bond donors (Lipinski definition) is 0. The first kappa shape index (κ1) is 13.5. The number of nitrogens with zero attached hydrogens (tertiary/aromatic N) is 2. The Morgan fingerprint density at radius 1 is 1.25 bits per heavy atom. The lowest BCUT2D eigenvalue weighted by Crippen LogP contribution is -1.98. The second-order valence-corrected chi connectivity index (χ2v) is 4.00. The Kier molecular flexibility index (Phi) is 3.91. The molecule has 0 saturated carbocycles. The van der Waals surface area contributed by atoms with Crippen molar-refractivity contribution in [3.8, 4) is 11.8 Å². The molecular formula is C14H9FN2O3. The number of nitro benzene ring substituents is 1. The Bertz CT molecular complexity index is 678. The SMILES string of the molecule is N#Cc1ccc(OCc2cc(F)cc([N+](=O)[O-])c2)cc1. The normalized spacial score (nSPS) is 9.80. The number of benzene rings is 2. The van der Waals surface area contributed by atoms with Crippen molar-refractivity contribution in [1.82, 2.24) is 0 Å². The third-order valence-corrected chi connectivity index (χ3v) is 2.54. The molecule has 2 aromatic rings. The lowest BCUT2D eigenvalue weighted by atomic mass is 10.2. The Hall–Kier alpha value is -2.94. The van der Waals surface area contributed by atoms with E-state index in [0.717, 1.165) is 6.07 Å². The van der Waals surface area contributed by atoms with E-state index in [4.69, 9.17) is 10.00 Å². The molecule has 5 nitrogen and oxygen atoms in total. The van der Waals surface area contributed by atoms with Gasteiger partial charge in [0.1, 0.15) is 18.2 Å². The summed E-state index contributed by atoms with van der Waals surface area (Å²) < 4.78 is 18.6. The molecule has 0 saturated heterocycles.